The summed E-state index contributed by atoms with van der Waals surface area (Å²) in [5.74, 6) is 2.16. The Hall–Kier alpha value is -0.870. The normalized spacial score (nSPS) is 14.7. The molecule has 2 atom stereocenters. The Bertz CT molecular complexity index is 609. The molecular formula is C14H19ClN2OS. The van der Waals surface area contributed by atoms with Crippen molar-refractivity contribution in [3.63, 3.8) is 0 Å². The van der Waals surface area contributed by atoms with Gasteiger partial charge in [-0.05, 0) is 25.5 Å². The first-order valence-electron chi connectivity index (χ1n) is 6.37. The molecule has 2 aromatic rings. The van der Waals surface area contributed by atoms with Crippen molar-refractivity contribution in [2.75, 3.05) is 17.9 Å². The lowest BCUT2D eigenvalue weighted by Gasteiger charge is -2.16. The number of aromatic nitrogens is 2. The highest BCUT2D eigenvalue weighted by Gasteiger charge is 2.17. The van der Waals surface area contributed by atoms with Crippen molar-refractivity contribution >= 4 is 33.4 Å². The summed E-state index contributed by atoms with van der Waals surface area (Å²) >= 11 is 5.87. The molecule has 1 aromatic heterocycles. The Labute approximate surface area is 121 Å². The van der Waals surface area contributed by atoms with Gasteiger partial charge in [-0.1, -0.05) is 12.1 Å². The number of fused-ring (bicyclic) bond motifs is 1. The van der Waals surface area contributed by atoms with Crippen LogP contribution in [-0.4, -0.2) is 31.6 Å². The maximum absolute atomic E-state index is 11.5. The summed E-state index contributed by atoms with van der Waals surface area (Å²) in [6.45, 7) is 4.15. The number of aryl methyl sites for hydroxylation is 2. The van der Waals surface area contributed by atoms with Gasteiger partial charge in [0, 0.05) is 41.2 Å². The van der Waals surface area contributed by atoms with Gasteiger partial charge in [0.05, 0.1) is 11.0 Å². The molecule has 0 saturated heterocycles. The van der Waals surface area contributed by atoms with Gasteiger partial charge in [0.2, 0.25) is 0 Å². The molecule has 0 N–H and O–H groups in total. The monoisotopic (exact) mass is 298 g/mol. The number of nitrogens with zero attached hydrogens (tertiary/aromatic N) is 2. The highest BCUT2D eigenvalue weighted by Crippen LogP contribution is 2.24. The van der Waals surface area contributed by atoms with Crippen molar-refractivity contribution in [2.45, 2.75) is 26.3 Å². The molecule has 0 saturated carbocycles. The number of para-hydroxylation sites is 1. The number of alkyl halides is 1. The van der Waals surface area contributed by atoms with Crippen LogP contribution >= 0.6 is 11.6 Å². The van der Waals surface area contributed by atoms with E-state index in [0.717, 1.165) is 28.8 Å². The van der Waals surface area contributed by atoms with Gasteiger partial charge < -0.3 is 4.57 Å². The Morgan fingerprint density at radius 1 is 1.47 bits per heavy atom. The fraction of sp³-hybridized carbons (Fsp3) is 0.500. The summed E-state index contributed by atoms with van der Waals surface area (Å²) in [5.41, 5.74) is 3.30. The third-order valence-corrected chi connectivity index (χ3v) is 4.37. The zero-order chi connectivity index (χ0) is 14.0. The van der Waals surface area contributed by atoms with Crippen molar-refractivity contribution in [1.82, 2.24) is 9.55 Å². The van der Waals surface area contributed by atoms with E-state index in [-0.39, 0.29) is 6.04 Å². The van der Waals surface area contributed by atoms with Gasteiger partial charge in [0.25, 0.3) is 0 Å². The molecule has 1 heterocycles. The molecule has 0 aliphatic rings. The number of hydrogen-bond acceptors (Lipinski definition) is 2. The zero-order valence-electron chi connectivity index (χ0n) is 11.5. The Morgan fingerprint density at radius 3 is 2.84 bits per heavy atom. The minimum atomic E-state index is -0.822. The van der Waals surface area contributed by atoms with Crippen molar-refractivity contribution < 1.29 is 4.21 Å². The molecule has 0 radical (unpaired) electrons. The van der Waals surface area contributed by atoms with Crippen LogP contribution < -0.4 is 0 Å². The lowest BCUT2D eigenvalue weighted by molar-refractivity contribution is 0.587. The van der Waals surface area contributed by atoms with E-state index in [1.807, 2.05) is 6.07 Å². The van der Waals surface area contributed by atoms with Gasteiger partial charge in [-0.15, -0.1) is 11.6 Å². The quantitative estimate of drug-likeness (QED) is 0.795. The van der Waals surface area contributed by atoms with Crippen LogP contribution in [0.15, 0.2) is 18.2 Å². The van der Waals surface area contributed by atoms with Crippen LogP contribution in [0.1, 0.15) is 24.4 Å². The summed E-state index contributed by atoms with van der Waals surface area (Å²) < 4.78 is 13.7. The third kappa shape index (κ3) is 3.00. The topological polar surface area (TPSA) is 34.9 Å². The van der Waals surface area contributed by atoms with Gasteiger partial charge in [-0.3, -0.25) is 4.21 Å². The molecule has 5 heteroatoms. The minimum Gasteiger partial charge on any atom is -0.324 e. The molecule has 0 amide bonds. The largest absolute Gasteiger partial charge is 0.324 e. The van der Waals surface area contributed by atoms with Gasteiger partial charge in [0.15, 0.2) is 0 Å². The molecule has 0 fully saturated rings. The van der Waals surface area contributed by atoms with Gasteiger partial charge in [0.1, 0.15) is 5.82 Å². The van der Waals surface area contributed by atoms with E-state index in [0.29, 0.717) is 11.6 Å². The first kappa shape index (κ1) is 14.5. The summed E-state index contributed by atoms with van der Waals surface area (Å²) in [4.78, 5) is 4.71. The molecule has 1 aromatic carbocycles. The Balaban J connectivity index is 2.58. The van der Waals surface area contributed by atoms with Crippen LogP contribution in [0.25, 0.3) is 11.0 Å². The van der Waals surface area contributed by atoms with Crippen molar-refractivity contribution in [3.05, 3.63) is 29.6 Å². The van der Waals surface area contributed by atoms with Crippen LogP contribution in [0.2, 0.25) is 0 Å². The minimum absolute atomic E-state index is 0.163. The van der Waals surface area contributed by atoms with Gasteiger partial charge >= 0.3 is 0 Å². The predicted molar refractivity (Wildman–Crippen MR) is 82.5 cm³/mol. The lowest BCUT2D eigenvalue weighted by Crippen LogP contribution is -2.15. The van der Waals surface area contributed by atoms with E-state index in [4.69, 9.17) is 16.6 Å². The number of imidazole rings is 1. The molecule has 2 unspecified atom stereocenters. The van der Waals surface area contributed by atoms with Crippen molar-refractivity contribution in [2.24, 2.45) is 0 Å². The standard InChI is InChI=1S/C14H19ClN2OS/c1-10-5-4-6-12-14(10)16-13(7-8-15)17(12)11(2)9-19(3)18/h4-6,11H,7-9H2,1-3H3. The van der Waals surface area contributed by atoms with Crippen LogP contribution in [-0.2, 0) is 17.2 Å². The van der Waals surface area contributed by atoms with E-state index in [2.05, 4.69) is 30.5 Å². The Morgan fingerprint density at radius 2 is 2.21 bits per heavy atom. The molecule has 0 bridgehead atoms. The van der Waals surface area contributed by atoms with Crippen LogP contribution in [0.4, 0.5) is 0 Å². The highest BCUT2D eigenvalue weighted by atomic mass is 35.5. The summed E-state index contributed by atoms with van der Waals surface area (Å²) in [6, 6.07) is 6.33. The van der Waals surface area contributed by atoms with Crippen molar-refractivity contribution in [1.29, 1.82) is 0 Å². The van der Waals surface area contributed by atoms with Crippen LogP contribution in [0, 0.1) is 6.92 Å². The number of halogens is 1. The first-order valence-corrected chi connectivity index (χ1v) is 8.63. The average Bonchev–Trinajstić information content (AvgIpc) is 2.68. The molecule has 19 heavy (non-hydrogen) atoms. The summed E-state index contributed by atoms with van der Waals surface area (Å²) in [5, 5.41) is 0. The molecule has 0 aliphatic heterocycles. The smallest absolute Gasteiger partial charge is 0.111 e. The second-order valence-electron chi connectivity index (χ2n) is 4.87. The fourth-order valence-electron chi connectivity index (χ4n) is 2.47. The lowest BCUT2D eigenvalue weighted by atomic mass is 10.2. The highest BCUT2D eigenvalue weighted by molar-refractivity contribution is 7.84. The summed E-state index contributed by atoms with van der Waals surface area (Å²) in [6.07, 6.45) is 2.47. The Kier molecular flexibility index (Phi) is 4.63. The molecule has 0 aliphatic carbocycles. The summed E-state index contributed by atoms with van der Waals surface area (Å²) in [7, 11) is -0.822. The fourth-order valence-corrected chi connectivity index (χ4v) is 3.47. The van der Waals surface area contributed by atoms with Crippen LogP contribution in [0.3, 0.4) is 0 Å². The number of hydrogen-bond donors (Lipinski definition) is 0. The van der Waals surface area contributed by atoms with Gasteiger partial charge in [-0.25, -0.2) is 4.98 Å². The maximum Gasteiger partial charge on any atom is 0.111 e. The van der Waals surface area contributed by atoms with E-state index in [9.17, 15) is 4.21 Å². The number of benzene rings is 1. The van der Waals surface area contributed by atoms with E-state index < -0.39 is 10.8 Å². The third-order valence-electron chi connectivity index (χ3n) is 3.23. The second-order valence-corrected chi connectivity index (χ2v) is 6.73. The predicted octanol–water partition coefficient (Wildman–Crippen LogP) is 3.07. The van der Waals surface area contributed by atoms with Crippen LogP contribution in [0.5, 0.6) is 0 Å². The second kappa shape index (κ2) is 6.06. The molecular weight excluding hydrogens is 280 g/mol. The van der Waals surface area contributed by atoms with Gasteiger partial charge in [-0.2, -0.15) is 0 Å². The van der Waals surface area contributed by atoms with Crippen molar-refractivity contribution in [3.8, 4) is 0 Å². The van der Waals surface area contributed by atoms with E-state index in [1.54, 1.807) is 6.26 Å². The average molecular weight is 299 g/mol. The first-order chi connectivity index (χ1) is 9.04. The van der Waals surface area contributed by atoms with E-state index >= 15 is 0 Å². The SMILES string of the molecule is Cc1cccc2c1nc(CCCl)n2C(C)CS(C)=O. The molecule has 3 nitrogen and oxygen atoms in total. The van der Waals surface area contributed by atoms with E-state index in [1.165, 1.54) is 0 Å². The zero-order valence-corrected chi connectivity index (χ0v) is 13.1. The molecule has 0 spiro atoms. The molecule has 2 rings (SSSR count). The number of rotatable bonds is 5. The molecule has 104 valence electrons. The maximum atomic E-state index is 11.5.